The molecule has 6 heteroatoms. The molecule has 0 saturated carbocycles. The Hall–Kier alpha value is -1.30. The summed E-state index contributed by atoms with van der Waals surface area (Å²) in [5.74, 6) is -0.486. The second-order valence-corrected chi connectivity index (χ2v) is 3.74. The molecule has 1 aliphatic rings. The molecule has 0 aromatic carbocycles. The van der Waals surface area contributed by atoms with Crippen LogP contribution < -0.4 is 0 Å². The fourth-order valence-corrected chi connectivity index (χ4v) is 1.42. The number of esters is 1. The van der Waals surface area contributed by atoms with Gasteiger partial charge >= 0.3 is 12.1 Å². The molecule has 6 nitrogen and oxygen atoms in total. The van der Waals surface area contributed by atoms with E-state index in [1.807, 2.05) is 0 Å². The summed E-state index contributed by atoms with van der Waals surface area (Å²) in [6.07, 6.45) is -0.720. The van der Waals surface area contributed by atoms with Crippen LogP contribution >= 0.6 is 0 Å². The van der Waals surface area contributed by atoms with Crippen molar-refractivity contribution in [3.63, 3.8) is 0 Å². The van der Waals surface area contributed by atoms with Gasteiger partial charge in [0.15, 0.2) is 6.04 Å². The Kier molecular flexibility index (Phi) is 4.54. The van der Waals surface area contributed by atoms with Crippen LogP contribution in [0.2, 0.25) is 0 Å². The van der Waals surface area contributed by atoms with Gasteiger partial charge in [-0.05, 0) is 13.8 Å². The highest BCUT2D eigenvalue weighted by molar-refractivity contribution is 5.81. The first kappa shape index (κ1) is 12.8. The van der Waals surface area contributed by atoms with Gasteiger partial charge in [0.05, 0.1) is 26.4 Å². The first-order valence-electron chi connectivity index (χ1n) is 5.19. The zero-order chi connectivity index (χ0) is 12.1. The van der Waals surface area contributed by atoms with Crippen LogP contribution in [0.3, 0.4) is 0 Å². The molecule has 0 aromatic heterocycles. The molecule has 0 radical (unpaired) electrons. The molecule has 1 fully saturated rings. The highest BCUT2D eigenvalue weighted by Gasteiger charge is 2.34. The monoisotopic (exact) mass is 231 g/mol. The first-order chi connectivity index (χ1) is 7.56. The number of hydrogen-bond donors (Lipinski definition) is 0. The average molecular weight is 231 g/mol. The maximum absolute atomic E-state index is 11.7. The van der Waals surface area contributed by atoms with Gasteiger partial charge in [0.2, 0.25) is 0 Å². The number of carbonyl (C=O) groups excluding carboxylic acids is 2. The van der Waals surface area contributed by atoms with E-state index in [4.69, 9.17) is 9.47 Å². The summed E-state index contributed by atoms with van der Waals surface area (Å²) < 4.78 is 14.8. The summed E-state index contributed by atoms with van der Waals surface area (Å²) in [6.45, 7) is 4.41. The van der Waals surface area contributed by atoms with E-state index in [-0.39, 0.29) is 12.7 Å². The van der Waals surface area contributed by atoms with Crippen LogP contribution in [-0.2, 0) is 19.0 Å². The van der Waals surface area contributed by atoms with Gasteiger partial charge in [0.25, 0.3) is 0 Å². The van der Waals surface area contributed by atoms with E-state index in [9.17, 15) is 9.59 Å². The van der Waals surface area contributed by atoms with Gasteiger partial charge in [-0.1, -0.05) is 0 Å². The predicted octanol–water partition coefficient (Wildman–Crippen LogP) is 0.405. The van der Waals surface area contributed by atoms with E-state index >= 15 is 0 Å². The molecular weight excluding hydrogens is 214 g/mol. The van der Waals surface area contributed by atoms with Gasteiger partial charge in [0.1, 0.15) is 0 Å². The molecule has 92 valence electrons. The summed E-state index contributed by atoms with van der Waals surface area (Å²) >= 11 is 0. The Morgan fingerprint density at radius 1 is 1.44 bits per heavy atom. The number of carbonyl (C=O) groups is 2. The van der Waals surface area contributed by atoms with Crippen molar-refractivity contribution < 1.29 is 23.8 Å². The van der Waals surface area contributed by atoms with Crippen molar-refractivity contribution in [2.75, 3.05) is 26.9 Å². The van der Waals surface area contributed by atoms with Crippen molar-refractivity contribution in [3.05, 3.63) is 0 Å². The molecule has 1 amide bonds. The van der Waals surface area contributed by atoms with Crippen LogP contribution in [0.5, 0.6) is 0 Å². The molecule has 1 atom stereocenters. The van der Waals surface area contributed by atoms with Crippen molar-refractivity contribution in [2.45, 2.75) is 26.0 Å². The minimum Gasteiger partial charge on any atom is -0.467 e. The number of nitrogens with zero attached hydrogens (tertiary/aromatic N) is 1. The van der Waals surface area contributed by atoms with Crippen molar-refractivity contribution in [1.82, 2.24) is 4.90 Å². The van der Waals surface area contributed by atoms with Gasteiger partial charge < -0.3 is 14.2 Å². The van der Waals surface area contributed by atoms with Crippen LogP contribution in [-0.4, -0.2) is 56.0 Å². The van der Waals surface area contributed by atoms with E-state index < -0.39 is 18.1 Å². The van der Waals surface area contributed by atoms with Crippen LogP contribution in [0.4, 0.5) is 4.79 Å². The fourth-order valence-electron chi connectivity index (χ4n) is 1.42. The summed E-state index contributed by atoms with van der Waals surface area (Å²) in [7, 11) is 1.28. The summed E-state index contributed by atoms with van der Waals surface area (Å²) in [6, 6.07) is -0.704. The molecule has 16 heavy (non-hydrogen) atoms. The number of morpholine rings is 1. The third kappa shape index (κ3) is 3.10. The van der Waals surface area contributed by atoms with Gasteiger partial charge in [0, 0.05) is 6.54 Å². The van der Waals surface area contributed by atoms with E-state index in [0.29, 0.717) is 13.2 Å². The smallest absolute Gasteiger partial charge is 0.410 e. The second-order valence-electron chi connectivity index (χ2n) is 3.74. The van der Waals surface area contributed by atoms with Crippen molar-refractivity contribution in [1.29, 1.82) is 0 Å². The van der Waals surface area contributed by atoms with Crippen LogP contribution in [0.15, 0.2) is 0 Å². The van der Waals surface area contributed by atoms with Crippen LogP contribution in [0.1, 0.15) is 13.8 Å². The highest BCUT2D eigenvalue weighted by atomic mass is 16.6. The highest BCUT2D eigenvalue weighted by Crippen LogP contribution is 2.11. The number of rotatable bonds is 2. The lowest BCUT2D eigenvalue weighted by molar-refractivity contribution is -0.152. The molecule has 0 aromatic rings. The Bertz CT molecular complexity index is 266. The topological polar surface area (TPSA) is 65.1 Å². The number of ether oxygens (including phenoxy) is 3. The Morgan fingerprint density at radius 2 is 2.12 bits per heavy atom. The fraction of sp³-hybridized carbons (Fsp3) is 0.800. The standard InChI is InChI=1S/C10H17NO5/c1-7(2)16-10(13)11-4-5-15-6-8(11)9(12)14-3/h7-8H,4-6H2,1-3H3. The summed E-state index contributed by atoms with van der Waals surface area (Å²) in [5, 5.41) is 0. The lowest BCUT2D eigenvalue weighted by Crippen LogP contribution is -2.53. The molecular formula is C10H17NO5. The normalized spacial score (nSPS) is 20.8. The lowest BCUT2D eigenvalue weighted by atomic mass is 10.2. The third-order valence-corrected chi connectivity index (χ3v) is 2.17. The van der Waals surface area contributed by atoms with E-state index in [2.05, 4.69) is 4.74 Å². The van der Waals surface area contributed by atoms with Crippen molar-refractivity contribution in [3.8, 4) is 0 Å². The van der Waals surface area contributed by atoms with Crippen LogP contribution in [0, 0.1) is 0 Å². The largest absolute Gasteiger partial charge is 0.467 e. The molecule has 1 aliphatic heterocycles. The predicted molar refractivity (Wildman–Crippen MR) is 54.9 cm³/mol. The average Bonchev–Trinajstić information content (AvgIpc) is 2.27. The van der Waals surface area contributed by atoms with Gasteiger partial charge in [-0.15, -0.1) is 0 Å². The second kappa shape index (κ2) is 5.69. The number of hydrogen-bond acceptors (Lipinski definition) is 5. The Morgan fingerprint density at radius 3 is 2.69 bits per heavy atom. The minimum absolute atomic E-state index is 0.153. The zero-order valence-corrected chi connectivity index (χ0v) is 9.76. The maximum atomic E-state index is 11.7. The molecule has 0 spiro atoms. The SMILES string of the molecule is COC(=O)C1COCCN1C(=O)OC(C)C. The lowest BCUT2D eigenvalue weighted by Gasteiger charge is -2.33. The minimum atomic E-state index is -0.704. The van der Waals surface area contributed by atoms with Crippen molar-refractivity contribution >= 4 is 12.1 Å². The molecule has 0 N–H and O–H groups in total. The molecule has 0 bridgehead atoms. The molecule has 1 saturated heterocycles. The Labute approximate surface area is 94.4 Å². The van der Waals surface area contributed by atoms with E-state index in [1.165, 1.54) is 12.0 Å². The Balaban J connectivity index is 2.66. The summed E-state index contributed by atoms with van der Waals surface area (Å²) in [5.41, 5.74) is 0. The number of methoxy groups -OCH3 is 1. The van der Waals surface area contributed by atoms with Gasteiger partial charge in [-0.3, -0.25) is 4.90 Å². The van der Waals surface area contributed by atoms with Gasteiger partial charge in [-0.2, -0.15) is 0 Å². The quantitative estimate of drug-likeness (QED) is 0.644. The number of amides is 1. The summed E-state index contributed by atoms with van der Waals surface area (Å²) in [4.78, 5) is 24.4. The maximum Gasteiger partial charge on any atom is 0.410 e. The zero-order valence-electron chi connectivity index (χ0n) is 9.76. The van der Waals surface area contributed by atoms with E-state index in [1.54, 1.807) is 13.8 Å². The molecule has 1 rings (SSSR count). The van der Waals surface area contributed by atoms with Gasteiger partial charge in [-0.25, -0.2) is 9.59 Å². The van der Waals surface area contributed by atoms with Crippen molar-refractivity contribution in [2.24, 2.45) is 0 Å². The first-order valence-corrected chi connectivity index (χ1v) is 5.19. The third-order valence-electron chi connectivity index (χ3n) is 2.17. The van der Waals surface area contributed by atoms with E-state index in [0.717, 1.165) is 0 Å². The molecule has 1 unspecified atom stereocenters. The molecule has 0 aliphatic carbocycles. The van der Waals surface area contributed by atoms with Crippen LogP contribution in [0.25, 0.3) is 0 Å². The molecule has 1 heterocycles.